The molecule has 2 aliphatic rings. The van der Waals surface area contributed by atoms with Crippen molar-refractivity contribution >= 4 is 5.91 Å². The van der Waals surface area contributed by atoms with Crippen LogP contribution in [-0.4, -0.2) is 18.0 Å². The van der Waals surface area contributed by atoms with Crippen molar-refractivity contribution in [2.45, 2.75) is 89.6 Å². The van der Waals surface area contributed by atoms with Crippen LogP contribution in [0.2, 0.25) is 0 Å². The van der Waals surface area contributed by atoms with Crippen LogP contribution >= 0.6 is 0 Å². The molecule has 0 bridgehead atoms. The zero-order valence-electron chi connectivity index (χ0n) is 13.1. The summed E-state index contributed by atoms with van der Waals surface area (Å²) in [5.41, 5.74) is 5.98. The molecule has 2 rings (SSSR count). The van der Waals surface area contributed by atoms with Crippen molar-refractivity contribution in [3.05, 3.63) is 0 Å². The predicted molar refractivity (Wildman–Crippen MR) is 83.3 cm³/mol. The molecule has 0 heterocycles. The largest absolute Gasteiger partial charge is 0.353 e. The van der Waals surface area contributed by atoms with Crippen LogP contribution in [0.4, 0.5) is 0 Å². The lowest BCUT2D eigenvalue weighted by molar-refractivity contribution is -0.127. The van der Waals surface area contributed by atoms with Crippen LogP contribution in [0, 0.1) is 11.8 Å². The van der Waals surface area contributed by atoms with Crippen molar-refractivity contribution in [3.8, 4) is 0 Å². The van der Waals surface area contributed by atoms with Crippen molar-refractivity contribution in [3.63, 3.8) is 0 Å². The molecule has 0 radical (unpaired) electrons. The number of nitrogens with two attached hydrogens (primary N) is 1. The first kappa shape index (κ1) is 15.8. The van der Waals surface area contributed by atoms with Crippen molar-refractivity contribution in [1.29, 1.82) is 0 Å². The van der Waals surface area contributed by atoms with E-state index in [4.69, 9.17) is 5.73 Å². The summed E-state index contributed by atoms with van der Waals surface area (Å²) in [5, 5.41) is 3.29. The summed E-state index contributed by atoms with van der Waals surface area (Å²) in [6.07, 6.45) is 13.1. The SMILES string of the molecule is CCCCC1CCC(NC(=O)C2CCCC(N)C2)CC1. The smallest absolute Gasteiger partial charge is 0.223 e. The van der Waals surface area contributed by atoms with Gasteiger partial charge in [-0.3, -0.25) is 4.79 Å². The summed E-state index contributed by atoms with van der Waals surface area (Å²) in [4.78, 5) is 12.3. The second-order valence-corrected chi connectivity index (χ2v) is 6.99. The fourth-order valence-electron chi connectivity index (χ4n) is 3.87. The first-order valence-electron chi connectivity index (χ1n) is 8.75. The van der Waals surface area contributed by atoms with E-state index < -0.39 is 0 Å². The minimum Gasteiger partial charge on any atom is -0.353 e. The number of rotatable bonds is 5. The van der Waals surface area contributed by atoms with Gasteiger partial charge in [0.25, 0.3) is 0 Å². The third-order valence-electron chi connectivity index (χ3n) is 5.24. The Morgan fingerprint density at radius 1 is 1.15 bits per heavy atom. The van der Waals surface area contributed by atoms with Gasteiger partial charge in [-0.25, -0.2) is 0 Å². The van der Waals surface area contributed by atoms with E-state index in [1.54, 1.807) is 0 Å². The Morgan fingerprint density at radius 3 is 2.55 bits per heavy atom. The molecule has 0 aromatic carbocycles. The highest BCUT2D eigenvalue weighted by Crippen LogP contribution is 2.29. The molecule has 0 aromatic heterocycles. The zero-order valence-corrected chi connectivity index (χ0v) is 13.1. The highest BCUT2D eigenvalue weighted by atomic mass is 16.1. The second kappa shape index (κ2) is 8.02. The Labute approximate surface area is 124 Å². The molecule has 20 heavy (non-hydrogen) atoms. The third kappa shape index (κ3) is 4.76. The topological polar surface area (TPSA) is 55.1 Å². The van der Waals surface area contributed by atoms with Crippen LogP contribution in [0.15, 0.2) is 0 Å². The average Bonchev–Trinajstić information content (AvgIpc) is 2.46. The van der Waals surface area contributed by atoms with Gasteiger partial charge in [-0.15, -0.1) is 0 Å². The van der Waals surface area contributed by atoms with Crippen LogP contribution in [0.5, 0.6) is 0 Å². The number of carbonyl (C=O) groups excluding carboxylic acids is 1. The molecule has 116 valence electrons. The quantitative estimate of drug-likeness (QED) is 0.811. The molecule has 2 aliphatic carbocycles. The predicted octanol–water partition coefficient (Wildman–Crippen LogP) is 3.37. The van der Waals surface area contributed by atoms with Crippen molar-refractivity contribution in [2.75, 3.05) is 0 Å². The molecule has 3 heteroatoms. The average molecular weight is 280 g/mol. The van der Waals surface area contributed by atoms with E-state index in [-0.39, 0.29) is 17.9 Å². The van der Waals surface area contributed by atoms with Gasteiger partial charge < -0.3 is 11.1 Å². The lowest BCUT2D eigenvalue weighted by Crippen LogP contribution is -2.43. The number of hydrogen-bond acceptors (Lipinski definition) is 2. The van der Waals surface area contributed by atoms with Gasteiger partial charge in [-0.2, -0.15) is 0 Å². The van der Waals surface area contributed by atoms with Crippen molar-refractivity contribution in [2.24, 2.45) is 17.6 Å². The molecule has 3 nitrogen and oxygen atoms in total. The van der Waals surface area contributed by atoms with Crippen molar-refractivity contribution < 1.29 is 4.79 Å². The fourth-order valence-corrected chi connectivity index (χ4v) is 3.87. The van der Waals surface area contributed by atoms with Crippen LogP contribution in [-0.2, 0) is 4.79 Å². The summed E-state index contributed by atoms with van der Waals surface area (Å²) in [6.45, 7) is 2.26. The summed E-state index contributed by atoms with van der Waals surface area (Å²) >= 11 is 0. The number of amides is 1. The zero-order chi connectivity index (χ0) is 14.4. The highest BCUT2D eigenvalue weighted by molar-refractivity contribution is 5.79. The first-order valence-corrected chi connectivity index (χ1v) is 8.75. The molecule has 0 saturated heterocycles. The van der Waals surface area contributed by atoms with E-state index in [2.05, 4.69) is 12.2 Å². The van der Waals surface area contributed by atoms with Crippen LogP contribution < -0.4 is 11.1 Å². The first-order chi connectivity index (χ1) is 9.69. The molecular weight excluding hydrogens is 248 g/mol. The minimum atomic E-state index is 0.177. The molecule has 2 fully saturated rings. The maximum atomic E-state index is 12.3. The summed E-state index contributed by atoms with van der Waals surface area (Å²) < 4.78 is 0. The van der Waals surface area contributed by atoms with E-state index in [0.29, 0.717) is 6.04 Å². The molecule has 2 unspecified atom stereocenters. The molecule has 0 aromatic rings. The number of carbonyl (C=O) groups is 1. The normalized spacial score (nSPS) is 34.7. The summed E-state index contributed by atoms with van der Waals surface area (Å²) in [6, 6.07) is 0.669. The Kier molecular flexibility index (Phi) is 6.34. The fraction of sp³-hybridized carbons (Fsp3) is 0.941. The molecule has 0 spiro atoms. The minimum absolute atomic E-state index is 0.177. The Bertz CT molecular complexity index is 297. The van der Waals surface area contributed by atoms with Gasteiger partial charge in [0.05, 0.1) is 0 Å². The highest BCUT2D eigenvalue weighted by Gasteiger charge is 2.28. The Morgan fingerprint density at radius 2 is 1.90 bits per heavy atom. The van der Waals surface area contributed by atoms with E-state index in [1.807, 2.05) is 0 Å². The van der Waals surface area contributed by atoms with Gasteiger partial charge in [-0.1, -0.05) is 32.6 Å². The van der Waals surface area contributed by atoms with Crippen LogP contribution in [0.25, 0.3) is 0 Å². The number of nitrogens with one attached hydrogen (secondary N) is 1. The Hall–Kier alpha value is -0.570. The molecule has 0 aliphatic heterocycles. The van der Waals surface area contributed by atoms with E-state index >= 15 is 0 Å². The lowest BCUT2D eigenvalue weighted by Gasteiger charge is -2.32. The lowest BCUT2D eigenvalue weighted by atomic mass is 9.82. The maximum Gasteiger partial charge on any atom is 0.223 e. The number of hydrogen-bond donors (Lipinski definition) is 2. The van der Waals surface area contributed by atoms with Gasteiger partial charge in [0.15, 0.2) is 0 Å². The van der Waals surface area contributed by atoms with Crippen molar-refractivity contribution in [1.82, 2.24) is 5.32 Å². The number of unbranched alkanes of at least 4 members (excludes halogenated alkanes) is 1. The van der Waals surface area contributed by atoms with E-state index in [9.17, 15) is 4.79 Å². The van der Waals surface area contributed by atoms with Gasteiger partial charge in [0.1, 0.15) is 0 Å². The molecule has 2 saturated carbocycles. The standard InChI is InChI=1S/C17H32N2O/c1-2-3-5-13-8-10-16(11-9-13)19-17(20)14-6-4-7-15(18)12-14/h13-16H,2-12,18H2,1H3,(H,19,20). The Balaban J connectivity index is 1.68. The van der Waals surface area contributed by atoms with Crippen LogP contribution in [0.1, 0.15) is 77.6 Å². The monoisotopic (exact) mass is 280 g/mol. The van der Waals surface area contributed by atoms with Gasteiger partial charge in [0, 0.05) is 18.0 Å². The van der Waals surface area contributed by atoms with E-state index in [1.165, 1.54) is 44.9 Å². The molecule has 1 amide bonds. The third-order valence-corrected chi connectivity index (χ3v) is 5.24. The summed E-state index contributed by atoms with van der Waals surface area (Å²) in [5.74, 6) is 1.36. The maximum absolute atomic E-state index is 12.3. The summed E-state index contributed by atoms with van der Waals surface area (Å²) in [7, 11) is 0. The van der Waals surface area contributed by atoms with Gasteiger partial charge >= 0.3 is 0 Å². The second-order valence-electron chi connectivity index (χ2n) is 6.99. The van der Waals surface area contributed by atoms with E-state index in [0.717, 1.165) is 31.6 Å². The van der Waals surface area contributed by atoms with Gasteiger partial charge in [0.2, 0.25) is 5.91 Å². The molecule has 2 atom stereocenters. The molecular formula is C17H32N2O. The van der Waals surface area contributed by atoms with Gasteiger partial charge in [-0.05, 0) is 50.9 Å². The molecule has 3 N–H and O–H groups in total. The van der Waals surface area contributed by atoms with Crippen LogP contribution in [0.3, 0.4) is 0 Å².